The SMILES string of the molecule is CC1CC(C)CN(C(=O)CCCNC(=O)C(C)(C)C)C1. The fourth-order valence-corrected chi connectivity index (χ4v) is 2.73. The fraction of sp³-hybridized carbons (Fsp3) is 0.875. The van der Waals surface area contributed by atoms with E-state index in [0.29, 0.717) is 24.8 Å². The van der Waals surface area contributed by atoms with Gasteiger partial charge in [0.2, 0.25) is 11.8 Å². The van der Waals surface area contributed by atoms with Crippen molar-refractivity contribution in [1.82, 2.24) is 10.2 Å². The topological polar surface area (TPSA) is 49.4 Å². The summed E-state index contributed by atoms with van der Waals surface area (Å²) in [5.41, 5.74) is -0.359. The van der Waals surface area contributed by atoms with E-state index < -0.39 is 0 Å². The van der Waals surface area contributed by atoms with Crippen molar-refractivity contribution in [3.8, 4) is 0 Å². The number of hydrogen-bond acceptors (Lipinski definition) is 2. The Kier molecular flexibility index (Phi) is 6.03. The normalized spacial score (nSPS) is 23.6. The lowest BCUT2D eigenvalue weighted by Crippen LogP contribution is -2.42. The Bertz CT molecular complexity index is 337. The number of piperidine rings is 1. The maximum absolute atomic E-state index is 12.1. The first-order valence-electron chi connectivity index (χ1n) is 7.76. The quantitative estimate of drug-likeness (QED) is 0.805. The van der Waals surface area contributed by atoms with Gasteiger partial charge in [-0.1, -0.05) is 34.6 Å². The van der Waals surface area contributed by atoms with Crippen molar-refractivity contribution in [3.05, 3.63) is 0 Å². The zero-order valence-corrected chi connectivity index (χ0v) is 13.7. The molecule has 1 aliphatic heterocycles. The maximum Gasteiger partial charge on any atom is 0.225 e. The van der Waals surface area contributed by atoms with Crippen LogP contribution in [0.1, 0.15) is 53.9 Å². The molecule has 1 saturated heterocycles. The molecule has 2 unspecified atom stereocenters. The Morgan fingerprint density at radius 3 is 2.20 bits per heavy atom. The number of nitrogens with one attached hydrogen (secondary N) is 1. The molecule has 1 aliphatic rings. The molecule has 0 aromatic heterocycles. The number of nitrogens with zero attached hydrogens (tertiary/aromatic N) is 1. The first kappa shape index (κ1) is 17.0. The number of rotatable bonds is 4. The van der Waals surface area contributed by atoms with Crippen LogP contribution in [-0.4, -0.2) is 36.3 Å². The van der Waals surface area contributed by atoms with Gasteiger partial charge in [0.15, 0.2) is 0 Å². The third-order valence-electron chi connectivity index (χ3n) is 3.76. The third-order valence-corrected chi connectivity index (χ3v) is 3.76. The van der Waals surface area contributed by atoms with Gasteiger partial charge >= 0.3 is 0 Å². The lowest BCUT2D eigenvalue weighted by molar-refractivity contribution is -0.134. The monoisotopic (exact) mass is 282 g/mol. The fourth-order valence-electron chi connectivity index (χ4n) is 2.73. The second-order valence-electron chi connectivity index (χ2n) is 7.35. The van der Waals surface area contributed by atoms with Crippen LogP contribution < -0.4 is 5.32 Å². The van der Waals surface area contributed by atoms with E-state index in [0.717, 1.165) is 19.5 Å². The van der Waals surface area contributed by atoms with Gasteiger partial charge in [0.25, 0.3) is 0 Å². The zero-order chi connectivity index (χ0) is 15.3. The molecular weight excluding hydrogens is 252 g/mol. The molecule has 1 rings (SSSR count). The van der Waals surface area contributed by atoms with E-state index in [-0.39, 0.29) is 17.2 Å². The van der Waals surface area contributed by atoms with Gasteiger partial charge in [-0.05, 0) is 24.7 Å². The van der Waals surface area contributed by atoms with Crippen molar-refractivity contribution in [1.29, 1.82) is 0 Å². The van der Waals surface area contributed by atoms with Crippen LogP contribution in [0, 0.1) is 17.3 Å². The molecule has 0 bridgehead atoms. The molecule has 20 heavy (non-hydrogen) atoms. The molecule has 1 heterocycles. The summed E-state index contributed by atoms with van der Waals surface area (Å²) < 4.78 is 0. The maximum atomic E-state index is 12.1. The molecule has 0 aromatic rings. The Hall–Kier alpha value is -1.06. The molecule has 2 amide bonds. The van der Waals surface area contributed by atoms with E-state index >= 15 is 0 Å². The minimum Gasteiger partial charge on any atom is -0.356 e. The summed E-state index contributed by atoms with van der Waals surface area (Å²) in [5.74, 6) is 1.48. The summed E-state index contributed by atoms with van der Waals surface area (Å²) in [5, 5.41) is 2.89. The first-order chi connectivity index (χ1) is 9.20. The van der Waals surface area contributed by atoms with Crippen LogP contribution >= 0.6 is 0 Å². The van der Waals surface area contributed by atoms with Crippen LogP contribution in [0.15, 0.2) is 0 Å². The van der Waals surface area contributed by atoms with Crippen molar-refractivity contribution in [2.75, 3.05) is 19.6 Å². The smallest absolute Gasteiger partial charge is 0.225 e. The van der Waals surface area contributed by atoms with Crippen molar-refractivity contribution < 1.29 is 9.59 Å². The predicted molar refractivity (Wildman–Crippen MR) is 81.2 cm³/mol. The average Bonchev–Trinajstić information content (AvgIpc) is 2.31. The summed E-state index contributed by atoms with van der Waals surface area (Å²) in [7, 11) is 0. The van der Waals surface area contributed by atoms with E-state index in [1.54, 1.807) is 0 Å². The van der Waals surface area contributed by atoms with Gasteiger partial charge in [0, 0.05) is 31.5 Å². The van der Waals surface area contributed by atoms with E-state index in [1.807, 2.05) is 25.7 Å². The van der Waals surface area contributed by atoms with Crippen molar-refractivity contribution in [2.45, 2.75) is 53.9 Å². The molecule has 0 aromatic carbocycles. The van der Waals surface area contributed by atoms with Crippen LogP contribution in [-0.2, 0) is 9.59 Å². The molecule has 1 fully saturated rings. The molecule has 0 aliphatic carbocycles. The average molecular weight is 282 g/mol. The van der Waals surface area contributed by atoms with Gasteiger partial charge in [-0.25, -0.2) is 0 Å². The molecular formula is C16H30N2O2. The summed E-state index contributed by atoms with van der Waals surface area (Å²) >= 11 is 0. The van der Waals surface area contributed by atoms with E-state index in [1.165, 1.54) is 6.42 Å². The van der Waals surface area contributed by atoms with Crippen LogP contribution in [0.25, 0.3) is 0 Å². The van der Waals surface area contributed by atoms with E-state index in [2.05, 4.69) is 19.2 Å². The Labute approximate surface area is 123 Å². The van der Waals surface area contributed by atoms with Gasteiger partial charge in [-0.2, -0.15) is 0 Å². The summed E-state index contributed by atoms with van der Waals surface area (Å²) in [6.07, 6.45) is 2.47. The van der Waals surface area contributed by atoms with Gasteiger partial charge < -0.3 is 10.2 Å². The highest BCUT2D eigenvalue weighted by Crippen LogP contribution is 2.21. The molecule has 1 N–H and O–H groups in total. The van der Waals surface area contributed by atoms with Gasteiger partial charge in [-0.15, -0.1) is 0 Å². The number of hydrogen-bond donors (Lipinski definition) is 1. The van der Waals surface area contributed by atoms with E-state index in [4.69, 9.17) is 0 Å². The van der Waals surface area contributed by atoms with Crippen molar-refractivity contribution in [2.24, 2.45) is 17.3 Å². The molecule has 4 nitrogen and oxygen atoms in total. The molecule has 0 saturated carbocycles. The molecule has 0 radical (unpaired) electrons. The van der Waals surface area contributed by atoms with E-state index in [9.17, 15) is 9.59 Å². The third kappa shape index (κ3) is 5.51. The largest absolute Gasteiger partial charge is 0.356 e. The van der Waals surface area contributed by atoms with Crippen LogP contribution in [0.3, 0.4) is 0 Å². The van der Waals surface area contributed by atoms with Crippen LogP contribution in [0.5, 0.6) is 0 Å². The lowest BCUT2D eigenvalue weighted by atomic mass is 9.91. The Morgan fingerprint density at radius 2 is 1.70 bits per heavy atom. The highest BCUT2D eigenvalue weighted by molar-refractivity contribution is 5.81. The predicted octanol–water partition coefficient (Wildman–Crippen LogP) is 2.43. The minimum absolute atomic E-state index is 0.0464. The second kappa shape index (κ2) is 7.09. The number of carbonyl (C=O) groups excluding carboxylic acids is 2. The molecule has 4 heteroatoms. The summed E-state index contributed by atoms with van der Waals surface area (Å²) in [4.78, 5) is 25.8. The Balaban J connectivity index is 2.25. The summed E-state index contributed by atoms with van der Waals surface area (Å²) in [6, 6.07) is 0. The summed E-state index contributed by atoms with van der Waals surface area (Å²) in [6.45, 7) is 12.5. The lowest BCUT2D eigenvalue weighted by Gasteiger charge is -2.35. The van der Waals surface area contributed by atoms with Crippen LogP contribution in [0.2, 0.25) is 0 Å². The highest BCUT2D eigenvalue weighted by atomic mass is 16.2. The molecule has 116 valence electrons. The van der Waals surface area contributed by atoms with Gasteiger partial charge in [0.05, 0.1) is 0 Å². The standard InChI is InChI=1S/C16H30N2O2/c1-12-9-13(2)11-18(10-12)14(19)7-6-8-17-15(20)16(3,4)5/h12-13H,6-11H2,1-5H3,(H,17,20). The molecule has 0 spiro atoms. The number of carbonyl (C=O) groups is 2. The van der Waals surface area contributed by atoms with Crippen molar-refractivity contribution >= 4 is 11.8 Å². The Morgan fingerprint density at radius 1 is 1.15 bits per heavy atom. The zero-order valence-electron chi connectivity index (χ0n) is 13.7. The highest BCUT2D eigenvalue weighted by Gasteiger charge is 2.25. The second-order valence-corrected chi connectivity index (χ2v) is 7.35. The van der Waals surface area contributed by atoms with Crippen LogP contribution in [0.4, 0.5) is 0 Å². The molecule has 2 atom stereocenters. The first-order valence-corrected chi connectivity index (χ1v) is 7.76. The minimum atomic E-state index is -0.359. The number of likely N-dealkylation sites (tertiary alicyclic amines) is 1. The van der Waals surface area contributed by atoms with Crippen molar-refractivity contribution in [3.63, 3.8) is 0 Å². The van der Waals surface area contributed by atoms with Gasteiger partial charge in [0.1, 0.15) is 0 Å². The number of amides is 2. The van der Waals surface area contributed by atoms with Gasteiger partial charge in [-0.3, -0.25) is 9.59 Å².